The molecule has 0 heterocycles. The molecular weight excluding hydrogens is 235 g/mol. The van der Waals surface area contributed by atoms with E-state index in [-0.39, 0.29) is 18.4 Å². The molecule has 0 spiro atoms. The van der Waals surface area contributed by atoms with Gasteiger partial charge in [-0.05, 0) is 25.1 Å². The number of nitrogens with one attached hydrogen (secondary N) is 1. The summed E-state index contributed by atoms with van der Waals surface area (Å²) in [5.74, 6) is -0.344. The molecule has 15 heavy (non-hydrogen) atoms. The molecule has 1 rings (SSSR count). The summed E-state index contributed by atoms with van der Waals surface area (Å²) in [5.41, 5.74) is 5.85. The molecule has 3 nitrogen and oxygen atoms in total. The van der Waals surface area contributed by atoms with Crippen LogP contribution in [-0.4, -0.2) is 11.9 Å². The summed E-state index contributed by atoms with van der Waals surface area (Å²) in [7, 11) is 0. The minimum atomic E-state index is -0.344. The minimum absolute atomic E-state index is 0.0444. The van der Waals surface area contributed by atoms with E-state index in [1.165, 1.54) is 0 Å². The van der Waals surface area contributed by atoms with Crippen molar-refractivity contribution in [3.05, 3.63) is 28.2 Å². The van der Waals surface area contributed by atoms with Gasteiger partial charge in [0, 0.05) is 28.2 Å². The molecule has 1 unspecified atom stereocenters. The van der Waals surface area contributed by atoms with E-state index >= 15 is 0 Å². The summed E-state index contributed by atoms with van der Waals surface area (Å²) in [4.78, 5) is 10.7. The Balaban J connectivity index is 2.67. The highest BCUT2D eigenvalue weighted by molar-refractivity contribution is 6.35. The zero-order valence-electron chi connectivity index (χ0n) is 8.26. The number of nitrogens with two attached hydrogens (primary N) is 1. The molecular formula is C10H12Cl2N2O. The van der Waals surface area contributed by atoms with Crippen LogP contribution in [0.4, 0.5) is 5.69 Å². The molecule has 0 saturated heterocycles. The smallest absolute Gasteiger partial charge is 0.219 e. The first-order valence-electron chi connectivity index (χ1n) is 4.48. The van der Waals surface area contributed by atoms with Gasteiger partial charge >= 0.3 is 0 Å². The van der Waals surface area contributed by atoms with E-state index in [1.807, 2.05) is 6.92 Å². The van der Waals surface area contributed by atoms with Crippen molar-refractivity contribution < 1.29 is 4.79 Å². The fourth-order valence-electron chi connectivity index (χ4n) is 1.27. The van der Waals surface area contributed by atoms with E-state index in [0.717, 1.165) is 5.69 Å². The zero-order chi connectivity index (χ0) is 11.4. The summed E-state index contributed by atoms with van der Waals surface area (Å²) in [6, 6.07) is 5.08. The van der Waals surface area contributed by atoms with Crippen LogP contribution in [0.25, 0.3) is 0 Å². The molecule has 5 heteroatoms. The Kier molecular flexibility index (Phi) is 4.24. The highest BCUT2D eigenvalue weighted by Crippen LogP contribution is 2.23. The Bertz CT molecular complexity index is 348. The Labute approximate surface area is 98.5 Å². The van der Waals surface area contributed by atoms with Crippen molar-refractivity contribution in [1.82, 2.24) is 0 Å². The van der Waals surface area contributed by atoms with Gasteiger partial charge < -0.3 is 11.1 Å². The Morgan fingerprint density at radius 2 is 1.93 bits per heavy atom. The van der Waals surface area contributed by atoms with Gasteiger partial charge in [0.2, 0.25) is 5.91 Å². The van der Waals surface area contributed by atoms with E-state index in [9.17, 15) is 4.79 Å². The Hall–Kier alpha value is -0.930. The molecule has 0 radical (unpaired) electrons. The quantitative estimate of drug-likeness (QED) is 0.859. The number of halogens is 2. The van der Waals surface area contributed by atoms with Crippen molar-refractivity contribution in [2.24, 2.45) is 5.73 Å². The van der Waals surface area contributed by atoms with Gasteiger partial charge in [-0.25, -0.2) is 0 Å². The van der Waals surface area contributed by atoms with E-state index in [4.69, 9.17) is 28.9 Å². The molecule has 0 aliphatic carbocycles. The van der Waals surface area contributed by atoms with Crippen LogP contribution < -0.4 is 11.1 Å². The van der Waals surface area contributed by atoms with Crippen LogP contribution in [0.15, 0.2) is 18.2 Å². The number of hydrogen-bond acceptors (Lipinski definition) is 2. The summed E-state index contributed by atoms with van der Waals surface area (Å²) < 4.78 is 0. The van der Waals surface area contributed by atoms with Crippen LogP contribution in [0.5, 0.6) is 0 Å². The number of rotatable bonds is 4. The second-order valence-electron chi connectivity index (χ2n) is 3.37. The lowest BCUT2D eigenvalue weighted by atomic mass is 10.2. The third kappa shape index (κ3) is 4.40. The normalized spacial score (nSPS) is 12.2. The molecule has 1 aromatic carbocycles. The van der Waals surface area contributed by atoms with E-state index in [1.54, 1.807) is 18.2 Å². The fraction of sp³-hybridized carbons (Fsp3) is 0.300. The van der Waals surface area contributed by atoms with Crippen LogP contribution in [0.1, 0.15) is 13.3 Å². The van der Waals surface area contributed by atoms with Crippen LogP contribution in [0, 0.1) is 0 Å². The fourth-order valence-corrected chi connectivity index (χ4v) is 1.80. The van der Waals surface area contributed by atoms with Crippen molar-refractivity contribution in [3.8, 4) is 0 Å². The lowest BCUT2D eigenvalue weighted by Crippen LogP contribution is -2.23. The first kappa shape index (κ1) is 12.1. The third-order valence-electron chi connectivity index (χ3n) is 1.78. The van der Waals surface area contributed by atoms with Crippen LogP contribution in [0.3, 0.4) is 0 Å². The van der Waals surface area contributed by atoms with Gasteiger partial charge in [0.05, 0.1) is 0 Å². The van der Waals surface area contributed by atoms with Crippen molar-refractivity contribution in [1.29, 1.82) is 0 Å². The molecule has 0 bridgehead atoms. The average molecular weight is 247 g/mol. The lowest BCUT2D eigenvalue weighted by molar-refractivity contribution is -0.118. The third-order valence-corrected chi connectivity index (χ3v) is 2.22. The Morgan fingerprint density at radius 3 is 2.40 bits per heavy atom. The maximum Gasteiger partial charge on any atom is 0.219 e. The molecule has 1 amide bonds. The molecule has 3 N–H and O–H groups in total. The zero-order valence-corrected chi connectivity index (χ0v) is 9.77. The summed E-state index contributed by atoms with van der Waals surface area (Å²) in [6.45, 7) is 1.86. The number of benzene rings is 1. The lowest BCUT2D eigenvalue weighted by Gasteiger charge is -2.13. The highest BCUT2D eigenvalue weighted by atomic mass is 35.5. The number of carbonyl (C=O) groups is 1. The SMILES string of the molecule is CC(CC(N)=O)Nc1cc(Cl)cc(Cl)c1. The van der Waals surface area contributed by atoms with Crippen molar-refractivity contribution in [3.63, 3.8) is 0 Å². The summed E-state index contributed by atoms with van der Waals surface area (Å²) in [6.07, 6.45) is 0.268. The number of hydrogen-bond donors (Lipinski definition) is 2. The molecule has 0 aliphatic heterocycles. The highest BCUT2D eigenvalue weighted by Gasteiger charge is 2.06. The molecule has 0 aliphatic rings. The predicted molar refractivity (Wildman–Crippen MR) is 63.4 cm³/mol. The first-order chi connectivity index (χ1) is 6.97. The van der Waals surface area contributed by atoms with Gasteiger partial charge in [-0.15, -0.1) is 0 Å². The molecule has 0 aromatic heterocycles. The molecule has 0 fully saturated rings. The second kappa shape index (κ2) is 5.24. The topological polar surface area (TPSA) is 55.1 Å². The van der Waals surface area contributed by atoms with Crippen LogP contribution >= 0.6 is 23.2 Å². The summed E-state index contributed by atoms with van der Waals surface area (Å²) >= 11 is 11.6. The van der Waals surface area contributed by atoms with E-state index in [0.29, 0.717) is 10.0 Å². The van der Waals surface area contributed by atoms with Crippen molar-refractivity contribution in [2.45, 2.75) is 19.4 Å². The maximum absolute atomic E-state index is 10.7. The molecule has 82 valence electrons. The minimum Gasteiger partial charge on any atom is -0.382 e. The van der Waals surface area contributed by atoms with Gasteiger partial charge in [-0.2, -0.15) is 0 Å². The van der Waals surface area contributed by atoms with Gasteiger partial charge in [-0.3, -0.25) is 4.79 Å². The Morgan fingerprint density at radius 1 is 1.40 bits per heavy atom. The predicted octanol–water partition coefficient (Wildman–Crippen LogP) is 2.67. The van der Waals surface area contributed by atoms with E-state index < -0.39 is 0 Å². The summed E-state index contributed by atoms with van der Waals surface area (Å²) in [5, 5.41) is 4.19. The van der Waals surface area contributed by atoms with Crippen molar-refractivity contribution in [2.75, 3.05) is 5.32 Å². The van der Waals surface area contributed by atoms with Gasteiger partial charge in [0.1, 0.15) is 0 Å². The maximum atomic E-state index is 10.7. The van der Waals surface area contributed by atoms with Crippen molar-refractivity contribution >= 4 is 34.8 Å². The van der Waals surface area contributed by atoms with Crippen LogP contribution in [-0.2, 0) is 4.79 Å². The first-order valence-corrected chi connectivity index (χ1v) is 5.24. The van der Waals surface area contributed by atoms with Gasteiger partial charge in [-0.1, -0.05) is 23.2 Å². The van der Waals surface area contributed by atoms with Gasteiger partial charge in [0.25, 0.3) is 0 Å². The number of anilines is 1. The molecule has 0 saturated carbocycles. The standard InChI is InChI=1S/C10H12Cl2N2O/c1-6(2-10(13)15)14-9-4-7(11)3-8(12)5-9/h3-6,14H,2H2,1H3,(H2,13,15). The molecule has 1 aromatic rings. The van der Waals surface area contributed by atoms with Crippen LogP contribution in [0.2, 0.25) is 10.0 Å². The monoisotopic (exact) mass is 246 g/mol. The van der Waals surface area contributed by atoms with E-state index in [2.05, 4.69) is 5.32 Å². The number of amides is 1. The average Bonchev–Trinajstić information content (AvgIpc) is 1.98. The number of carbonyl (C=O) groups excluding carboxylic acids is 1. The number of primary amides is 1. The molecule has 1 atom stereocenters. The van der Waals surface area contributed by atoms with Gasteiger partial charge in [0.15, 0.2) is 0 Å². The second-order valence-corrected chi connectivity index (χ2v) is 4.25. The largest absolute Gasteiger partial charge is 0.382 e.